The molecule has 6 nitrogen and oxygen atoms in total. The second-order valence-electron chi connectivity index (χ2n) is 6.56. The highest BCUT2D eigenvalue weighted by atomic mass is 16.1. The Morgan fingerprint density at radius 3 is 2.46 bits per heavy atom. The van der Waals surface area contributed by atoms with E-state index >= 15 is 0 Å². The van der Waals surface area contributed by atoms with Crippen molar-refractivity contribution in [2.45, 2.75) is 39.8 Å². The van der Waals surface area contributed by atoms with Gasteiger partial charge in [0.05, 0.1) is 17.4 Å². The molecule has 0 saturated carbocycles. The fraction of sp³-hybridized carbons (Fsp3) is 0.350. The van der Waals surface area contributed by atoms with Crippen molar-refractivity contribution in [2.24, 2.45) is 7.05 Å². The number of nitrogens with one attached hydrogen (secondary N) is 1. The number of aromatic nitrogens is 4. The molecule has 0 bridgehead atoms. The van der Waals surface area contributed by atoms with Gasteiger partial charge in [-0.1, -0.05) is 30.3 Å². The van der Waals surface area contributed by atoms with Crippen LogP contribution in [0.5, 0.6) is 0 Å². The highest BCUT2D eigenvalue weighted by molar-refractivity contribution is 5.76. The quantitative estimate of drug-likeness (QED) is 0.743. The predicted molar refractivity (Wildman–Crippen MR) is 101 cm³/mol. The fourth-order valence-corrected chi connectivity index (χ4v) is 3.09. The van der Waals surface area contributed by atoms with Crippen molar-refractivity contribution < 1.29 is 4.79 Å². The molecule has 0 fully saturated rings. The lowest BCUT2D eigenvalue weighted by molar-refractivity contribution is -0.121. The van der Waals surface area contributed by atoms with Gasteiger partial charge in [-0.25, -0.2) is 0 Å². The van der Waals surface area contributed by atoms with Gasteiger partial charge in [-0.05, 0) is 38.0 Å². The van der Waals surface area contributed by atoms with Gasteiger partial charge in [-0.3, -0.25) is 14.2 Å². The van der Waals surface area contributed by atoms with Gasteiger partial charge in [0.2, 0.25) is 5.91 Å². The SMILES string of the molecule is Cc1nn(CCC(=O)NC(c2ccccc2)c2ccnn2C)c(C)c1C. The molecule has 136 valence electrons. The smallest absolute Gasteiger partial charge is 0.222 e. The molecule has 0 spiro atoms. The summed E-state index contributed by atoms with van der Waals surface area (Å²) in [6, 6.07) is 11.7. The molecule has 0 aliphatic carbocycles. The van der Waals surface area contributed by atoms with Crippen LogP contribution in [0.3, 0.4) is 0 Å². The summed E-state index contributed by atoms with van der Waals surface area (Å²) >= 11 is 0. The fourth-order valence-electron chi connectivity index (χ4n) is 3.09. The number of carbonyl (C=O) groups is 1. The maximum Gasteiger partial charge on any atom is 0.222 e. The van der Waals surface area contributed by atoms with Gasteiger partial charge in [-0.2, -0.15) is 10.2 Å². The lowest BCUT2D eigenvalue weighted by Gasteiger charge is -2.20. The second kappa shape index (κ2) is 7.56. The molecule has 3 rings (SSSR count). The lowest BCUT2D eigenvalue weighted by Crippen LogP contribution is -2.31. The largest absolute Gasteiger partial charge is 0.344 e. The number of hydrogen-bond acceptors (Lipinski definition) is 3. The van der Waals surface area contributed by atoms with E-state index < -0.39 is 0 Å². The standard InChI is InChI=1S/C20H25N5O/c1-14-15(2)23-25(16(14)3)13-11-19(26)22-20(17-8-6-5-7-9-17)18-10-12-21-24(18)4/h5-10,12,20H,11,13H2,1-4H3,(H,22,26). The zero-order valence-electron chi connectivity index (χ0n) is 15.7. The molecule has 1 amide bonds. The molecule has 0 radical (unpaired) electrons. The van der Waals surface area contributed by atoms with Crippen LogP contribution < -0.4 is 5.32 Å². The summed E-state index contributed by atoms with van der Waals surface area (Å²) in [6.07, 6.45) is 2.12. The third kappa shape index (κ3) is 3.69. The Labute approximate surface area is 153 Å². The minimum Gasteiger partial charge on any atom is -0.344 e. The van der Waals surface area contributed by atoms with Crippen LogP contribution in [-0.4, -0.2) is 25.5 Å². The van der Waals surface area contributed by atoms with E-state index in [-0.39, 0.29) is 11.9 Å². The normalized spacial score (nSPS) is 12.2. The van der Waals surface area contributed by atoms with Crippen molar-refractivity contribution in [2.75, 3.05) is 0 Å². The van der Waals surface area contributed by atoms with Gasteiger partial charge in [-0.15, -0.1) is 0 Å². The average molecular weight is 351 g/mol. The molecule has 1 N–H and O–H groups in total. The predicted octanol–water partition coefficient (Wildman–Crippen LogP) is 2.84. The van der Waals surface area contributed by atoms with E-state index in [2.05, 4.69) is 22.4 Å². The lowest BCUT2D eigenvalue weighted by atomic mass is 10.0. The maximum absolute atomic E-state index is 12.6. The van der Waals surface area contributed by atoms with Gasteiger partial charge >= 0.3 is 0 Å². The maximum atomic E-state index is 12.6. The van der Waals surface area contributed by atoms with Crippen molar-refractivity contribution in [3.63, 3.8) is 0 Å². The number of benzene rings is 1. The first-order valence-corrected chi connectivity index (χ1v) is 8.80. The van der Waals surface area contributed by atoms with Crippen LogP contribution in [0.25, 0.3) is 0 Å². The Balaban J connectivity index is 1.73. The first kappa shape index (κ1) is 17.9. The van der Waals surface area contributed by atoms with E-state index in [1.54, 1.807) is 10.9 Å². The molecule has 26 heavy (non-hydrogen) atoms. The molecule has 0 saturated heterocycles. The highest BCUT2D eigenvalue weighted by Gasteiger charge is 2.20. The topological polar surface area (TPSA) is 64.7 Å². The van der Waals surface area contributed by atoms with Gasteiger partial charge < -0.3 is 5.32 Å². The van der Waals surface area contributed by atoms with E-state index in [0.29, 0.717) is 13.0 Å². The minimum atomic E-state index is -0.224. The Morgan fingerprint density at radius 2 is 1.88 bits per heavy atom. The highest BCUT2D eigenvalue weighted by Crippen LogP contribution is 2.21. The second-order valence-corrected chi connectivity index (χ2v) is 6.56. The van der Waals surface area contributed by atoms with Crippen LogP contribution in [-0.2, 0) is 18.4 Å². The molecule has 3 aromatic rings. The Kier molecular flexibility index (Phi) is 5.21. The van der Waals surface area contributed by atoms with E-state index in [4.69, 9.17) is 0 Å². The van der Waals surface area contributed by atoms with Crippen molar-refractivity contribution in [3.05, 3.63) is 70.8 Å². The molecule has 0 aliphatic heterocycles. The summed E-state index contributed by atoms with van der Waals surface area (Å²) in [5.74, 6) is -0.00902. The number of hydrogen-bond donors (Lipinski definition) is 1. The number of aryl methyl sites for hydroxylation is 3. The summed E-state index contributed by atoms with van der Waals surface area (Å²) in [5, 5.41) is 11.9. The molecule has 6 heteroatoms. The summed E-state index contributed by atoms with van der Waals surface area (Å²) in [6.45, 7) is 6.66. The average Bonchev–Trinajstić information content (AvgIpc) is 3.17. The zero-order chi connectivity index (χ0) is 18.7. The summed E-state index contributed by atoms with van der Waals surface area (Å²) in [7, 11) is 1.89. The van der Waals surface area contributed by atoms with Gasteiger partial charge in [0.25, 0.3) is 0 Å². The number of nitrogens with zero attached hydrogens (tertiary/aromatic N) is 4. The molecule has 1 atom stereocenters. The van der Waals surface area contributed by atoms with E-state index in [1.165, 1.54) is 5.56 Å². The molecule has 1 aromatic carbocycles. The van der Waals surface area contributed by atoms with Crippen LogP contribution in [0.1, 0.15) is 40.7 Å². The van der Waals surface area contributed by atoms with Crippen LogP contribution in [0.15, 0.2) is 42.6 Å². The first-order chi connectivity index (χ1) is 12.5. The summed E-state index contributed by atoms with van der Waals surface area (Å²) < 4.78 is 3.70. The van der Waals surface area contributed by atoms with Crippen LogP contribution >= 0.6 is 0 Å². The Hall–Kier alpha value is -2.89. The number of carbonyl (C=O) groups excluding carboxylic acids is 1. The van der Waals surface area contributed by atoms with Gasteiger partial charge in [0, 0.05) is 31.9 Å². The Morgan fingerprint density at radius 1 is 1.15 bits per heavy atom. The van der Waals surface area contributed by atoms with Gasteiger partial charge in [0.15, 0.2) is 0 Å². The van der Waals surface area contributed by atoms with Crippen molar-refractivity contribution >= 4 is 5.91 Å². The molecule has 1 unspecified atom stereocenters. The van der Waals surface area contributed by atoms with E-state index in [1.807, 2.05) is 62.0 Å². The van der Waals surface area contributed by atoms with Crippen molar-refractivity contribution in [1.82, 2.24) is 24.9 Å². The summed E-state index contributed by atoms with van der Waals surface area (Å²) in [5.41, 5.74) is 5.29. The third-order valence-electron chi connectivity index (χ3n) is 4.89. The van der Waals surface area contributed by atoms with Crippen LogP contribution in [0, 0.1) is 20.8 Å². The number of amides is 1. The minimum absolute atomic E-state index is 0.00902. The van der Waals surface area contributed by atoms with Crippen molar-refractivity contribution in [1.29, 1.82) is 0 Å². The molecular weight excluding hydrogens is 326 g/mol. The van der Waals surface area contributed by atoms with Crippen LogP contribution in [0.2, 0.25) is 0 Å². The van der Waals surface area contributed by atoms with Crippen molar-refractivity contribution in [3.8, 4) is 0 Å². The first-order valence-electron chi connectivity index (χ1n) is 8.80. The van der Waals surface area contributed by atoms with E-state index in [9.17, 15) is 4.79 Å². The molecular formula is C20H25N5O. The number of rotatable bonds is 6. The molecule has 2 heterocycles. The third-order valence-corrected chi connectivity index (χ3v) is 4.89. The Bertz CT molecular complexity index is 894. The van der Waals surface area contributed by atoms with Crippen LogP contribution in [0.4, 0.5) is 0 Å². The summed E-state index contributed by atoms with van der Waals surface area (Å²) in [4.78, 5) is 12.6. The zero-order valence-corrected chi connectivity index (χ0v) is 15.7. The molecule has 2 aromatic heterocycles. The molecule has 0 aliphatic rings. The van der Waals surface area contributed by atoms with E-state index in [0.717, 1.165) is 22.6 Å². The van der Waals surface area contributed by atoms with Gasteiger partial charge in [0.1, 0.15) is 0 Å². The monoisotopic (exact) mass is 351 g/mol.